The van der Waals surface area contributed by atoms with Crippen molar-refractivity contribution in [3.8, 4) is 11.5 Å². The number of benzene rings is 2. The predicted molar refractivity (Wildman–Crippen MR) is 84.4 cm³/mol. The summed E-state index contributed by atoms with van der Waals surface area (Å²) < 4.78 is 5.73. The van der Waals surface area contributed by atoms with E-state index in [0.29, 0.717) is 18.1 Å². The van der Waals surface area contributed by atoms with Gasteiger partial charge < -0.3 is 9.84 Å². The van der Waals surface area contributed by atoms with Gasteiger partial charge in [-0.05, 0) is 42.0 Å². The van der Waals surface area contributed by atoms with Crippen LogP contribution in [0.25, 0.3) is 0 Å². The summed E-state index contributed by atoms with van der Waals surface area (Å²) in [5.74, 6) is 0.581. The number of halogens is 1. The van der Waals surface area contributed by atoms with E-state index >= 15 is 0 Å². The van der Waals surface area contributed by atoms with Gasteiger partial charge in [0.2, 0.25) is 0 Å². The Labute approximate surface area is 133 Å². The van der Waals surface area contributed by atoms with E-state index in [9.17, 15) is 4.79 Å². The highest BCUT2D eigenvalue weighted by atomic mass is 35.5. The summed E-state index contributed by atoms with van der Waals surface area (Å²) in [6.45, 7) is 2.02. The van der Waals surface area contributed by atoms with Gasteiger partial charge in [-0.25, -0.2) is 0 Å². The second kappa shape index (κ2) is 6.38. The Morgan fingerprint density at radius 3 is 2.18 bits per heavy atom. The van der Waals surface area contributed by atoms with Crippen LogP contribution in [0.3, 0.4) is 0 Å². The van der Waals surface area contributed by atoms with Gasteiger partial charge in [-0.1, -0.05) is 23.7 Å². The number of ether oxygens (including phenoxy) is 1. The Morgan fingerprint density at radius 1 is 1.09 bits per heavy atom. The minimum atomic E-state index is -0.706. The average Bonchev–Trinajstić information content (AvgIpc) is 2.46. The number of carbonyl (C=O) groups is 1. The van der Waals surface area contributed by atoms with Crippen molar-refractivity contribution in [3.63, 3.8) is 0 Å². The molecule has 0 amide bonds. The van der Waals surface area contributed by atoms with Crippen molar-refractivity contribution in [2.24, 2.45) is 5.92 Å². The highest BCUT2D eigenvalue weighted by molar-refractivity contribution is 6.30. The van der Waals surface area contributed by atoms with Crippen molar-refractivity contribution in [2.45, 2.75) is 6.54 Å². The van der Waals surface area contributed by atoms with Crippen LogP contribution in [0.4, 0.5) is 0 Å². The summed E-state index contributed by atoms with van der Waals surface area (Å²) in [5, 5.41) is 9.54. The first-order valence-corrected chi connectivity index (χ1v) is 7.45. The van der Waals surface area contributed by atoms with Crippen LogP contribution in [0.5, 0.6) is 11.5 Å². The molecule has 0 radical (unpaired) electrons. The molecule has 0 aliphatic carbocycles. The Morgan fingerprint density at radius 2 is 1.64 bits per heavy atom. The second-order valence-electron chi connectivity index (χ2n) is 5.43. The number of rotatable bonds is 5. The maximum atomic E-state index is 10.8. The van der Waals surface area contributed by atoms with E-state index in [-0.39, 0.29) is 5.92 Å². The molecule has 4 nitrogen and oxygen atoms in total. The van der Waals surface area contributed by atoms with Gasteiger partial charge >= 0.3 is 5.97 Å². The normalized spacial score (nSPS) is 15.3. The molecule has 1 saturated heterocycles. The first-order valence-electron chi connectivity index (χ1n) is 7.08. The minimum Gasteiger partial charge on any atom is -0.481 e. The zero-order valence-corrected chi connectivity index (χ0v) is 12.7. The Hall–Kier alpha value is -2.04. The summed E-state index contributed by atoms with van der Waals surface area (Å²) in [7, 11) is 0. The van der Waals surface area contributed by atoms with Crippen molar-refractivity contribution in [2.75, 3.05) is 13.1 Å². The molecular weight excluding hydrogens is 302 g/mol. The fraction of sp³-hybridized carbons (Fsp3) is 0.235. The third kappa shape index (κ3) is 3.59. The SMILES string of the molecule is O=C(O)C1CN(Cc2ccc(Oc3ccc(Cl)cc3)cc2)C1. The molecule has 0 unspecified atom stereocenters. The van der Waals surface area contributed by atoms with Gasteiger partial charge in [-0.2, -0.15) is 0 Å². The molecule has 3 rings (SSSR count). The minimum absolute atomic E-state index is 0.215. The van der Waals surface area contributed by atoms with Gasteiger partial charge in [0.05, 0.1) is 5.92 Å². The number of hydrogen-bond donors (Lipinski definition) is 1. The molecule has 0 aromatic heterocycles. The zero-order chi connectivity index (χ0) is 15.5. The average molecular weight is 318 g/mol. The van der Waals surface area contributed by atoms with Gasteiger partial charge in [-0.15, -0.1) is 0 Å². The molecule has 0 atom stereocenters. The largest absolute Gasteiger partial charge is 0.481 e. The third-order valence-corrected chi connectivity index (χ3v) is 3.94. The maximum Gasteiger partial charge on any atom is 0.309 e. The summed E-state index contributed by atoms with van der Waals surface area (Å²) in [6.07, 6.45) is 0. The molecule has 5 heteroatoms. The highest BCUT2D eigenvalue weighted by Crippen LogP contribution is 2.24. The van der Waals surface area contributed by atoms with Crippen LogP contribution in [0, 0.1) is 5.92 Å². The van der Waals surface area contributed by atoms with Crippen molar-refractivity contribution in [1.82, 2.24) is 4.90 Å². The van der Waals surface area contributed by atoms with Crippen molar-refractivity contribution in [1.29, 1.82) is 0 Å². The fourth-order valence-corrected chi connectivity index (χ4v) is 2.54. The van der Waals surface area contributed by atoms with Gasteiger partial charge in [0, 0.05) is 24.7 Å². The lowest BCUT2D eigenvalue weighted by Crippen LogP contribution is -2.49. The lowest BCUT2D eigenvalue weighted by Gasteiger charge is -2.36. The molecule has 1 heterocycles. The maximum absolute atomic E-state index is 10.8. The number of hydrogen-bond acceptors (Lipinski definition) is 3. The number of carboxylic acids is 1. The summed E-state index contributed by atoms with van der Waals surface area (Å²) >= 11 is 5.84. The smallest absolute Gasteiger partial charge is 0.309 e. The summed E-state index contributed by atoms with van der Waals surface area (Å²) in [5.41, 5.74) is 1.15. The molecule has 2 aromatic rings. The van der Waals surface area contributed by atoms with Gasteiger partial charge in [0.15, 0.2) is 0 Å². The molecule has 114 valence electrons. The summed E-state index contributed by atoms with van der Waals surface area (Å²) in [4.78, 5) is 12.9. The monoisotopic (exact) mass is 317 g/mol. The standard InChI is InChI=1S/C17H16ClNO3/c18-14-3-7-16(8-4-14)22-15-5-1-12(2-6-15)9-19-10-13(11-19)17(20)21/h1-8,13H,9-11H2,(H,20,21). The first-order chi connectivity index (χ1) is 10.6. The predicted octanol–water partition coefficient (Wildman–Crippen LogP) is 3.65. The number of nitrogens with zero attached hydrogens (tertiary/aromatic N) is 1. The van der Waals surface area contributed by atoms with Gasteiger partial charge in [0.1, 0.15) is 11.5 Å². The fourth-order valence-electron chi connectivity index (χ4n) is 2.41. The molecule has 1 fully saturated rings. The zero-order valence-electron chi connectivity index (χ0n) is 11.9. The first kappa shape index (κ1) is 14.9. The molecule has 1 N–H and O–H groups in total. The van der Waals surface area contributed by atoms with Crippen LogP contribution in [0.15, 0.2) is 48.5 Å². The lowest BCUT2D eigenvalue weighted by molar-refractivity contribution is -0.147. The van der Waals surface area contributed by atoms with E-state index < -0.39 is 5.97 Å². The summed E-state index contributed by atoms with van der Waals surface area (Å²) in [6, 6.07) is 15.0. The Balaban J connectivity index is 1.54. The van der Waals surface area contributed by atoms with E-state index in [1.807, 2.05) is 36.4 Å². The molecular formula is C17H16ClNO3. The molecule has 2 aromatic carbocycles. The van der Waals surface area contributed by atoms with Crippen LogP contribution >= 0.6 is 11.6 Å². The van der Waals surface area contributed by atoms with Crippen LogP contribution < -0.4 is 4.74 Å². The molecule has 0 spiro atoms. The molecule has 1 aliphatic heterocycles. The molecule has 0 bridgehead atoms. The van der Waals surface area contributed by atoms with E-state index in [1.54, 1.807) is 12.1 Å². The molecule has 22 heavy (non-hydrogen) atoms. The van der Waals surface area contributed by atoms with Crippen LogP contribution in [0.2, 0.25) is 5.02 Å². The Bertz CT molecular complexity index is 649. The van der Waals surface area contributed by atoms with Crippen molar-refractivity contribution in [3.05, 3.63) is 59.1 Å². The number of likely N-dealkylation sites (tertiary alicyclic amines) is 1. The van der Waals surface area contributed by atoms with Gasteiger partial charge in [-0.3, -0.25) is 9.69 Å². The van der Waals surface area contributed by atoms with Crippen molar-refractivity contribution >= 4 is 17.6 Å². The topological polar surface area (TPSA) is 49.8 Å². The van der Waals surface area contributed by atoms with Crippen LogP contribution in [-0.2, 0) is 11.3 Å². The quantitative estimate of drug-likeness (QED) is 0.914. The van der Waals surface area contributed by atoms with E-state index in [1.165, 1.54) is 0 Å². The second-order valence-corrected chi connectivity index (χ2v) is 5.87. The molecule has 1 aliphatic rings. The highest BCUT2D eigenvalue weighted by Gasteiger charge is 2.31. The Kier molecular flexibility index (Phi) is 4.32. The third-order valence-electron chi connectivity index (χ3n) is 3.69. The van der Waals surface area contributed by atoms with E-state index in [0.717, 1.165) is 23.6 Å². The van der Waals surface area contributed by atoms with Crippen molar-refractivity contribution < 1.29 is 14.6 Å². The lowest BCUT2D eigenvalue weighted by atomic mass is 10.00. The number of carboxylic acid groups (broad SMARTS) is 1. The van der Waals surface area contributed by atoms with Gasteiger partial charge in [0.25, 0.3) is 0 Å². The molecule has 0 saturated carbocycles. The van der Waals surface area contributed by atoms with Crippen LogP contribution in [-0.4, -0.2) is 29.1 Å². The van der Waals surface area contributed by atoms with E-state index in [2.05, 4.69) is 4.90 Å². The van der Waals surface area contributed by atoms with Crippen LogP contribution in [0.1, 0.15) is 5.56 Å². The van der Waals surface area contributed by atoms with E-state index in [4.69, 9.17) is 21.4 Å². The number of aliphatic carboxylic acids is 1.